The molecule has 3 aromatic rings. The number of sulfonamides is 1. The molecule has 3 rings (SSSR count). The van der Waals surface area contributed by atoms with E-state index in [1.54, 1.807) is 66.7 Å². The molecule has 11 heteroatoms. The molecule has 1 amide bonds. The van der Waals surface area contributed by atoms with Gasteiger partial charge in [-0.15, -0.1) is 0 Å². The van der Waals surface area contributed by atoms with Crippen LogP contribution in [0.25, 0.3) is 11.1 Å². The second-order valence-corrected chi connectivity index (χ2v) is 10.7. The quantitative estimate of drug-likeness (QED) is 0.232. The molecule has 0 bridgehead atoms. The summed E-state index contributed by atoms with van der Waals surface area (Å²) in [5.74, 6) is -4.00. The molecule has 200 valence electrons. The second-order valence-electron chi connectivity index (χ2n) is 8.54. The number of nitrogens with one attached hydrogen (secondary N) is 2. The van der Waals surface area contributed by atoms with Gasteiger partial charge < -0.3 is 15.5 Å². The van der Waals surface area contributed by atoms with Crippen LogP contribution in [0.4, 0.5) is 0 Å². The zero-order valence-corrected chi connectivity index (χ0v) is 21.8. The third-order valence-corrected chi connectivity index (χ3v) is 7.56. The Morgan fingerprint density at radius 2 is 1.39 bits per heavy atom. The van der Waals surface area contributed by atoms with Gasteiger partial charge in [-0.1, -0.05) is 66.2 Å². The van der Waals surface area contributed by atoms with Crippen molar-refractivity contribution in [2.45, 2.75) is 36.1 Å². The third kappa shape index (κ3) is 8.14. The maximum atomic E-state index is 12.8. The summed E-state index contributed by atoms with van der Waals surface area (Å²) in [6, 6.07) is 20.0. The Hall–Kier alpha value is -3.73. The van der Waals surface area contributed by atoms with Crippen LogP contribution in [0.1, 0.15) is 30.7 Å². The predicted octanol–water partition coefficient (Wildman–Crippen LogP) is 3.89. The summed E-state index contributed by atoms with van der Waals surface area (Å²) >= 11 is 5.90. The van der Waals surface area contributed by atoms with Crippen LogP contribution >= 0.6 is 11.6 Å². The van der Waals surface area contributed by atoms with Gasteiger partial charge in [-0.2, -0.15) is 4.72 Å². The monoisotopic (exact) mass is 558 g/mol. The lowest BCUT2D eigenvalue weighted by molar-refractivity contribution is -0.141. The molecular formula is C27H27ClN2O7S. The zero-order valence-electron chi connectivity index (χ0n) is 20.2. The van der Waals surface area contributed by atoms with Crippen molar-refractivity contribution < 1.29 is 33.0 Å². The minimum Gasteiger partial charge on any atom is -0.481 e. The summed E-state index contributed by atoms with van der Waals surface area (Å²) in [5, 5.41) is 22.1. The lowest BCUT2D eigenvalue weighted by Crippen LogP contribution is -2.41. The normalized spacial score (nSPS) is 12.9. The number of halogens is 1. The van der Waals surface area contributed by atoms with Gasteiger partial charge in [0, 0.05) is 18.0 Å². The van der Waals surface area contributed by atoms with E-state index in [1.807, 2.05) is 0 Å². The number of benzene rings is 3. The van der Waals surface area contributed by atoms with E-state index in [1.165, 1.54) is 12.1 Å². The smallest absolute Gasteiger partial charge is 0.321 e. The van der Waals surface area contributed by atoms with E-state index in [9.17, 15) is 33.0 Å². The van der Waals surface area contributed by atoms with Crippen LogP contribution in [0.15, 0.2) is 83.8 Å². The zero-order chi connectivity index (χ0) is 27.7. The van der Waals surface area contributed by atoms with Crippen molar-refractivity contribution in [3.8, 4) is 11.1 Å². The number of aliphatic carboxylic acids is 2. The molecular weight excluding hydrogens is 532 g/mol. The van der Waals surface area contributed by atoms with Gasteiger partial charge in [-0.05, 0) is 53.8 Å². The summed E-state index contributed by atoms with van der Waals surface area (Å²) in [6.45, 7) is 0.0568. The highest BCUT2D eigenvalue weighted by Gasteiger charge is 2.26. The Labute approximate surface area is 225 Å². The Kier molecular flexibility index (Phi) is 10.0. The van der Waals surface area contributed by atoms with E-state index in [0.717, 1.165) is 11.1 Å². The van der Waals surface area contributed by atoms with Gasteiger partial charge in [0.05, 0.1) is 10.8 Å². The third-order valence-electron chi connectivity index (χ3n) is 5.82. The van der Waals surface area contributed by atoms with Crippen molar-refractivity contribution in [2.75, 3.05) is 6.54 Å². The second kappa shape index (κ2) is 13.2. The Morgan fingerprint density at radius 1 is 0.816 bits per heavy atom. The molecule has 2 atom stereocenters. The molecule has 0 fully saturated rings. The number of carbonyl (C=O) groups excluding carboxylic acids is 1. The fourth-order valence-corrected chi connectivity index (χ4v) is 5.13. The van der Waals surface area contributed by atoms with E-state index < -0.39 is 39.8 Å². The van der Waals surface area contributed by atoms with E-state index in [-0.39, 0.29) is 30.7 Å². The summed E-state index contributed by atoms with van der Waals surface area (Å²) in [6.07, 6.45) is -0.205. The summed E-state index contributed by atoms with van der Waals surface area (Å²) in [5.41, 5.74) is 2.11. The fourth-order valence-electron chi connectivity index (χ4n) is 3.78. The highest BCUT2D eigenvalue weighted by molar-refractivity contribution is 7.89. The summed E-state index contributed by atoms with van der Waals surface area (Å²) in [7, 11) is -4.12. The lowest BCUT2D eigenvalue weighted by Gasteiger charge is -2.16. The van der Waals surface area contributed by atoms with Crippen LogP contribution in [0, 0.1) is 0 Å². The van der Waals surface area contributed by atoms with Gasteiger partial charge in [0.15, 0.2) is 0 Å². The Bertz CT molecular complexity index is 1360. The molecule has 0 radical (unpaired) electrons. The molecule has 2 unspecified atom stereocenters. The molecule has 38 heavy (non-hydrogen) atoms. The molecule has 0 aliphatic carbocycles. The highest BCUT2D eigenvalue weighted by atomic mass is 35.5. The SMILES string of the molecule is O=C(CC(C(=O)O)c1ccccc1)NCCCC(NS(=O)(=O)c1ccc(-c2ccc(Cl)cc2)cc1)C(=O)O. The molecule has 0 aliphatic heterocycles. The number of hydrogen-bond donors (Lipinski definition) is 4. The van der Waals surface area contributed by atoms with Gasteiger partial charge in [-0.25, -0.2) is 8.42 Å². The molecule has 0 saturated heterocycles. The van der Waals surface area contributed by atoms with Gasteiger partial charge in [0.1, 0.15) is 6.04 Å². The fraction of sp³-hybridized carbons (Fsp3) is 0.222. The summed E-state index contributed by atoms with van der Waals surface area (Å²) in [4.78, 5) is 35.4. The lowest BCUT2D eigenvalue weighted by atomic mass is 9.95. The molecule has 9 nitrogen and oxygen atoms in total. The highest BCUT2D eigenvalue weighted by Crippen LogP contribution is 2.23. The molecule has 0 spiro atoms. The maximum Gasteiger partial charge on any atom is 0.321 e. The first-order valence-corrected chi connectivity index (χ1v) is 13.6. The first-order valence-electron chi connectivity index (χ1n) is 11.7. The number of carboxylic acid groups (broad SMARTS) is 2. The van der Waals surface area contributed by atoms with Crippen molar-refractivity contribution in [3.63, 3.8) is 0 Å². The van der Waals surface area contributed by atoms with Crippen molar-refractivity contribution >= 4 is 39.5 Å². The molecule has 0 saturated carbocycles. The largest absolute Gasteiger partial charge is 0.481 e. The van der Waals surface area contributed by atoms with Gasteiger partial charge in [0.25, 0.3) is 0 Å². The molecule has 3 aromatic carbocycles. The first kappa shape index (κ1) is 28.8. The topological polar surface area (TPSA) is 150 Å². The Balaban J connectivity index is 1.53. The molecule has 4 N–H and O–H groups in total. The number of amides is 1. The average Bonchev–Trinajstić information content (AvgIpc) is 2.89. The van der Waals surface area contributed by atoms with E-state index in [2.05, 4.69) is 10.0 Å². The average molecular weight is 559 g/mol. The van der Waals surface area contributed by atoms with Crippen LogP contribution in [0.5, 0.6) is 0 Å². The van der Waals surface area contributed by atoms with E-state index in [4.69, 9.17) is 11.6 Å². The summed E-state index contributed by atoms with van der Waals surface area (Å²) < 4.78 is 27.8. The number of rotatable bonds is 13. The predicted molar refractivity (Wildman–Crippen MR) is 142 cm³/mol. The van der Waals surface area contributed by atoms with Gasteiger partial charge in [-0.3, -0.25) is 14.4 Å². The number of hydrogen-bond acceptors (Lipinski definition) is 5. The molecule has 0 aliphatic rings. The molecule has 0 aromatic heterocycles. The first-order chi connectivity index (χ1) is 18.1. The number of carbonyl (C=O) groups is 3. The van der Waals surface area contributed by atoms with Crippen molar-refractivity contribution in [2.24, 2.45) is 0 Å². The number of carboxylic acids is 2. The van der Waals surface area contributed by atoms with Crippen LogP contribution in [0.2, 0.25) is 5.02 Å². The van der Waals surface area contributed by atoms with Crippen LogP contribution in [-0.2, 0) is 24.4 Å². The van der Waals surface area contributed by atoms with Crippen LogP contribution in [0.3, 0.4) is 0 Å². The van der Waals surface area contributed by atoms with Gasteiger partial charge >= 0.3 is 11.9 Å². The standard InChI is InChI=1S/C27H27ClN2O7S/c28-21-12-8-18(9-13-21)19-10-14-22(15-11-19)38(36,37)30-24(27(34)35)7-4-16-29-25(31)17-23(26(32)33)20-5-2-1-3-6-20/h1-3,5-6,8-15,23-24,30H,4,7,16-17H2,(H,29,31)(H,32,33)(H,34,35). The maximum absolute atomic E-state index is 12.8. The van der Waals surface area contributed by atoms with E-state index >= 15 is 0 Å². The Morgan fingerprint density at radius 3 is 1.95 bits per heavy atom. The van der Waals surface area contributed by atoms with Gasteiger partial charge in [0.2, 0.25) is 15.9 Å². The van der Waals surface area contributed by atoms with Crippen molar-refractivity contribution in [3.05, 3.63) is 89.4 Å². The van der Waals surface area contributed by atoms with Crippen molar-refractivity contribution in [1.82, 2.24) is 10.0 Å². The van der Waals surface area contributed by atoms with Crippen LogP contribution in [-0.4, -0.2) is 49.1 Å². The van der Waals surface area contributed by atoms with Crippen molar-refractivity contribution in [1.29, 1.82) is 0 Å². The minimum atomic E-state index is -4.12. The minimum absolute atomic E-state index is 0.0568. The van der Waals surface area contributed by atoms with Crippen LogP contribution < -0.4 is 10.0 Å². The molecule has 0 heterocycles. The van der Waals surface area contributed by atoms with E-state index in [0.29, 0.717) is 10.6 Å².